The van der Waals surface area contributed by atoms with E-state index in [0.29, 0.717) is 12.0 Å². The lowest BCUT2D eigenvalue weighted by Crippen LogP contribution is -2.36. The van der Waals surface area contributed by atoms with Gasteiger partial charge in [0, 0.05) is 19.1 Å². The molecule has 0 bridgehead atoms. The van der Waals surface area contributed by atoms with Gasteiger partial charge in [-0.25, -0.2) is 0 Å². The number of hydrogen-bond donors (Lipinski definition) is 2. The van der Waals surface area contributed by atoms with Crippen LogP contribution in [0.25, 0.3) is 0 Å². The first-order valence-corrected chi connectivity index (χ1v) is 5.89. The number of nitrogens with one attached hydrogen (secondary N) is 1. The van der Waals surface area contributed by atoms with Crippen LogP contribution >= 0.6 is 12.4 Å². The van der Waals surface area contributed by atoms with E-state index in [4.69, 9.17) is 0 Å². The molecule has 0 aliphatic carbocycles. The number of hydrogen-bond acceptors (Lipinski definition) is 3. The fraction of sp³-hybridized carbons (Fsp3) is 1.00. The molecule has 2 fully saturated rings. The summed E-state index contributed by atoms with van der Waals surface area (Å²) in [6.07, 6.45) is 3.70. The molecule has 0 aromatic carbocycles. The first-order valence-electron chi connectivity index (χ1n) is 5.89. The van der Waals surface area contributed by atoms with E-state index in [2.05, 4.69) is 10.2 Å². The summed E-state index contributed by atoms with van der Waals surface area (Å²) >= 11 is 0. The van der Waals surface area contributed by atoms with Gasteiger partial charge in [-0.2, -0.15) is 0 Å². The summed E-state index contributed by atoms with van der Waals surface area (Å²) in [5.74, 6) is 0.511. The predicted molar refractivity (Wildman–Crippen MR) is 64.5 cm³/mol. The van der Waals surface area contributed by atoms with Gasteiger partial charge in [-0.15, -0.1) is 12.4 Å². The lowest BCUT2D eigenvalue weighted by molar-refractivity contribution is 0.127. The highest BCUT2D eigenvalue weighted by atomic mass is 35.5. The minimum absolute atomic E-state index is 0. The van der Waals surface area contributed by atoms with Gasteiger partial charge >= 0.3 is 0 Å². The molecular formula is C11H23ClN2O. The third-order valence-corrected chi connectivity index (χ3v) is 3.63. The molecule has 2 unspecified atom stereocenters. The van der Waals surface area contributed by atoms with Crippen LogP contribution in [0.1, 0.15) is 26.2 Å². The van der Waals surface area contributed by atoms with Crippen molar-refractivity contribution >= 4 is 12.4 Å². The Balaban J connectivity index is 0.00000112. The van der Waals surface area contributed by atoms with Crippen molar-refractivity contribution in [2.45, 2.75) is 38.3 Å². The van der Waals surface area contributed by atoms with Gasteiger partial charge in [0.1, 0.15) is 0 Å². The van der Waals surface area contributed by atoms with E-state index in [-0.39, 0.29) is 18.5 Å². The molecule has 0 saturated carbocycles. The Morgan fingerprint density at radius 3 is 2.80 bits per heavy atom. The molecule has 0 amide bonds. The van der Waals surface area contributed by atoms with E-state index in [1.807, 2.05) is 6.92 Å². The van der Waals surface area contributed by atoms with Gasteiger partial charge in [-0.3, -0.25) is 0 Å². The zero-order valence-corrected chi connectivity index (χ0v) is 10.3. The molecule has 2 aliphatic rings. The van der Waals surface area contributed by atoms with E-state index in [1.54, 1.807) is 0 Å². The van der Waals surface area contributed by atoms with Crippen LogP contribution in [0, 0.1) is 5.92 Å². The molecule has 2 heterocycles. The smallest absolute Gasteiger partial charge is 0.0552 e. The van der Waals surface area contributed by atoms with Crippen LogP contribution < -0.4 is 5.32 Å². The molecule has 4 heteroatoms. The zero-order chi connectivity index (χ0) is 9.97. The average Bonchev–Trinajstić information content (AvgIpc) is 2.75. The van der Waals surface area contributed by atoms with Gasteiger partial charge in [0.25, 0.3) is 0 Å². The number of likely N-dealkylation sites (tertiary alicyclic amines) is 1. The molecule has 2 N–H and O–H groups in total. The lowest BCUT2D eigenvalue weighted by Gasteiger charge is -2.21. The Hall–Kier alpha value is 0.170. The second kappa shape index (κ2) is 6.04. The highest BCUT2D eigenvalue weighted by Crippen LogP contribution is 2.20. The second-order valence-corrected chi connectivity index (χ2v) is 4.84. The molecule has 0 radical (unpaired) electrons. The van der Waals surface area contributed by atoms with Crippen molar-refractivity contribution in [3.8, 4) is 0 Å². The summed E-state index contributed by atoms with van der Waals surface area (Å²) in [7, 11) is 0. The SMILES string of the molecule is CC(O)C1CCN(C[C@@H]2CCCN2)C1.Cl. The van der Waals surface area contributed by atoms with Crippen LogP contribution in [0.5, 0.6) is 0 Å². The molecule has 2 aliphatic heterocycles. The molecule has 2 rings (SSSR count). The maximum absolute atomic E-state index is 9.49. The molecule has 2 saturated heterocycles. The molecule has 0 aromatic rings. The summed E-state index contributed by atoms with van der Waals surface area (Å²) in [5, 5.41) is 13.0. The van der Waals surface area contributed by atoms with Crippen LogP contribution in [0.2, 0.25) is 0 Å². The topological polar surface area (TPSA) is 35.5 Å². The van der Waals surface area contributed by atoms with E-state index in [1.165, 1.54) is 38.9 Å². The number of rotatable bonds is 3. The summed E-state index contributed by atoms with van der Waals surface area (Å²) in [6, 6.07) is 0.711. The van der Waals surface area contributed by atoms with Crippen molar-refractivity contribution in [1.29, 1.82) is 0 Å². The Morgan fingerprint density at radius 1 is 1.47 bits per heavy atom. The summed E-state index contributed by atoms with van der Waals surface area (Å²) in [4.78, 5) is 2.50. The standard InChI is InChI=1S/C11H22N2O.ClH/c1-9(14)10-4-6-13(7-10)8-11-3-2-5-12-11;/h9-12,14H,2-8H2,1H3;1H/t9?,10?,11-;/m0./s1. The van der Waals surface area contributed by atoms with Gasteiger partial charge in [-0.1, -0.05) is 0 Å². The van der Waals surface area contributed by atoms with E-state index < -0.39 is 0 Å². The normalized spacial score (nSPS) is 34.0. The van der Waals surface area contributed by atoms with Gasteiger partial charge < -0.3 is 15.3 Å². The second-order valence-electron chi connectivity index (χ2n) is 4.84. The molecule has 90 valence electrons. The van der Waals surface area contributed by atoms with Gasteiger partial charge in [0.2, 0.25) is 0 Å². The van der Waals surface area contributed by atoms with Crippen LogP contribution in [0.3, 0.4) is 0 Å². The minimum atomic E-state index is -0.128. The number of nitrogens with zero attached hydrogens (tertiary/aromatic N) is 1. The predicted octanol–water partition coefficient (Wildman–Crippen LogP) is 0.863. The Morgan fingerprint density at radius 2 is 2.27 bits per heavy atom. The average molecular weight is 235 g/mol. The fourth-order valence-electron chi connectivity index (χ4n) is 2.65. The van der Waals surface area contributed by atoms with Gasteiger partial charge in [0.15, 0.2) is 0 Å². The highest BCUT2D eigenvalue weighted by molar-refractivity contribution is 5.85. The molecule has 0 aromatic heterocycles. The van der Waals surface area contributed by atoms with Crippen LogP contribution in [0.15, 0.2) is 0 Å². The highest BCUT2D eigenvalue weighted by Gasteiger charge is 2.27. The van der Waals surface area contributed by atoms with Gasteiger partial charge in [-0.05, 0) is 45.2 Å². The Bertz CT molecular complexity index is 183. The maximum atomic E-state index is 9.49. The molecule has 15 heavy (non-hydrogen) atoms. The van der Waals surface area contributed by atoms with Crippen LogP contribution in [-0.4, -0.2) is 48.3 Å². The first-order chi connectivity index (χ1) is 6.75. The van der Waals surface area contributed by atoms with Crippen LogP contribution in [0.4, 0.5) is 0 Å². The summed E-state index contributed by atoms with van der Waals surface area (Å²) < 4.78 is 0. The minimum Gasteiger partial charge on any atom is -0.393 e. The third-order valence-electron chi connectivity index (χ3n) is 3.63. The molecular weight excluding hydrogens is 212 g/mol. The number of aliphatic hydroxyl groups is 1. The van der Waals surface area contributed by atoms with Crippen molar-refractivity contribution in [2.24, 2.45) is 5.92 Å². The van der Waals surface area contributed by atoms with Crippen LogP contribution in [-0.2, 0) is 0 Å². The van der Waals surface area contributed by atoms with Crippen molar-refractivity contribution < 1.29 is 5.11 Å². The largest absolute Gasteiger partial charge is 0.393 e. The fourth-order valence-corrected chi connectivity index (χ4v) is 2.65. The van der Waals surface area contributed by atoms with E-state index in [0.717, 1.165) is 6.54 Å². The first kappa shape index (κ1) is 13.2. The Kier molecular flexibility index (Phi) is 5.33. The van der Waals surface area contributed by atoms with Crippen molar-refractivity contribution in [3.63, 3.8) is 0 Å². The van der Waals surface area contributed by atoms with Crippen molar-refractivity contribution in [3.05, 3.63) is 0 Å². The summed E-state index contributed by atoms with van der Waals surface area (Å²) in [6.45, 7) is 6.56. The summed E-state index contributed by atoms with van der Waals surface area (Å²) in [5.41, 5.74) is 0. The quantitative estimate of drug-likeness (QED) is 0.761. The zero-order valence-electron chi connectivity index (χ0n) is 9.48. The Labute approximate surface area is 98.6 Å². The maximum Gasteiger partial charge on any atom is 0.0552 e. The number of aliphatic hydroxyl groups excluding tert-OH is 1. The molecule has 0 spiro atoms. The monoisotopic (exact) mass is 234 g/mol. The van der Waals surface area contributed by atoms with Gasteiger partial charge in [0.05, 0.1) is 6.10 Å². The molecule has 3 atom stereocenters. The van der Waals surface area contributed by atoms with Crippen molar-refractivity contribution in [2.75, 3.05) is 26.2 Å². The third kappa shape index (κ3) is 3.59. The molecule has 3 nitrogen and oxygen atoms in total. The number of halogens is 1. The lowest BCUT2D eigenvalue weighted by atomic mass is 10.0. The van der Waals surface area contributed by atoms with E-state index >= 15 is 0 Å². The van der Waals surface area contributed by atoms with E-state index in [9.17, 15) is 5.11 Å². The van der Waals surface area contributed by atoms with Crippen molar-refractivity contribution in [1.82, 2.24) is 10.2 Å².